The maximum atomic E-state index is 11.9. The average molecular weight is 321 g/mol. The Morgan fingerprint density at radius 1 is 1.00 bits per heavy atom. The number of carbonyl (C=O) groups excluding carboxylic acids is 1. The zero-order valence-corrected chi connectivity index (χ0v) is 13.1. The Kier molecular flexibility index (Phi) is 4.49. The maximum absolute atomic E-state index is 11.9. The third-order valence-corrected chi connectivity index (χ3v) is 4.28. The van der Waals surface area contributed by atoms with Crippen molar-refractivity contribution in [2.24, 2.45) is 5.10 Å². The highest BCUT2D eigenvalue weighted by molar-refractivity contribution is 7.17. The highest BCUT2D eigenvalue weighted by atomic mass is 32.1. The van der Waals surface area contributed by atoms with Gasteiger partial charge in [-0.1, -0.05) is 30.3 Å². The number of rotatable bonds is 4. The van der Waals surface area contributed by atoms with E-state index in [9.17, 15) is 4.79 Å². The molecule has 0 aliphatic carbocycles. The van der Waals surface area contributed by atoms with Gasteiger partial charge in [-0.3, -0.25) is 4.79 Å². The van der Waals surface area contributed by atoms with E-state index in [4.69, 9.17) is 5.73 Å². The summed E-state index contributed by atoms with van der Waals surface area (Å²) in [6.45, 7) is 0. The number of thiophene rings is 1. The van der Waals surface area contributed by atoms with Crippen LogP contribution < -0.4 is 11.2 Å². The van der Waals surface area contributed by atoms with Crippen molar-refractivity contribution in [3.8, 4) is 10.4 Å². The largest absolute Gasteiger partial charge is 0.399 e. The van der Waals surface area contributed by atoms with Gasteiger partial charge in [0.15, 0.2) is 0 Å². The SMILES string of the molecule is Nc1ccc(C(=O)N/N=C\c2ccc(-c3ccccc3)s2)cc1. The van der Waals surface area contributed by atoms with Crippen LogP contribution in [-0.4, -0.2) is 12.1 Å². The van der Waals surface area contributed by atoms with E-state index >= 15 is 0 Å². The predicted molar refractivity (Wildman–Crippen MR) is 95.7 cm³/mol. The minimum atomic E-state index is -0.263. The van der Waals surface area contributed by atoms with Gasteiger partial charge in [-0.15, -0.1) is 11.3 Å². The number of anilines is 1. The van der Waals surface area contributed by atoms with Gasteiger partial charge >= 0.3 is 0 Å². The van der Waals surface area contributed by atoms with Gasteiger partial charge in [-0.2, -0.15) is 5.10 Å². The van der Waals surface area contributed by atoms with Crippen LogP contribution in [-0.2, 0) is 0 Å². The van der Waals surface area contributed by atoms with Gasteiger partial charge in [0.25, 0.3) is 5.91 Å². The van der Waals surface area contributed by atoms with Crippen molar-refractivity contribution in [2.75, 3.05) is 5.73 Å². The quantitative estimate of drug-likeness (QED) is 0.436. The lowest BCUT2D eigenvalue weighted by Gasteiger charge is -1.99. The fourth-order valence-corrected chi connectivity index (χ4v) is 2.92. The molecule has 23 heavy (non-hydrogen) atoms. The van der Waals surface area contributed by atoms with Crippen LogP contribution >= 0.6 is 11.3 Å². The monoisotopic (exact) mass is 321 g/mol. The Morgan fingerprint density at radius 3 is 2.48 bits per heavy atom. The van der Waals surface area contributed by atoms with Crippen LogP contribution in [0.15, 0.2) is 71.8 Å². The van der Waals surface area contributed by atoms with Gasteiger partial charge in [-0.05, 0) is 42.0 Å². The van der Waals surface area contributed by atoms with E-state index in [1.165, 1.54) is 5.56 Å². The molecular formula is C18H15N3OS. The lowest BCUT2D eigenvalue weighted by atomic mass is 10.2. The van der Waals surface area contributed by atoms with E-state index in [1.807, 2.05) is 30.3 Å². The number of hydrogen-bond donors (Lipinski definition) is 2. The fraction of sp³-hybridized carbons (Fsp3) is 0. The molecule has 5 heteroatoms. The number of amides is 1. The molecule has 0 radical (unpaired) electrons. The molecule has 0 bridgehead atoms. The highest BCUT2D eigenvalue weighted by Gasteiger charge is 2.04. The zero-order valence-electron chi connectivity index (χ0n) is 12.3. The van der Waals surface area contributed by atoms with E-state index in [0.717, 1.165) is 9.75 Å². The van der Waals surface area contributed by atoms with Crippen LogP contribution in [0.3, 0.4) is 0 Å². The van der Waals surface area contributed by atoms with E-state index in [2.05, 4.69) is 22.7 Å². The van der Waals surface area contributed by atoms with Gasteiger partial charge in [0, 0.05) is 21.0 Å². The number of nitrogens with one attached hydrogen (secondary N) is 1. The number of nitrogens with zero attached hydrogens (tertiary/aromatic N) is 1. The Hall–Kier alpha value is -2.92. The molecule has 2 aromatic carbocycles. The minimum absolute atomic E-state index is 0.263. The normalized spacial score (nSPS) is 10.8. The Bertz CT molecular complexity index is 823. The topological polar surface area (TPSA) is 67.5 Å². The molecule has 0 aliphatic rings. The third kappa shape index (κ3) is 3.84. The van der Waals surface area contributed by atoms with Gasteiger partial charge in [0.2, 0.25) is 0 Å². The number of nitrogens with two attached hydrogens (primary N) is 1. The Balaban J connectivity index is 1.63. The third-order valence-electron chi connectivity index (χ3n) is 3.22. The summed E-state index contributed by atoms with van der Waals surface area (Å²) >= 11 is 1.62. The highest BCUT2D eigenvalue weighted by Crippen LogP contribution is 2.26. The summed E-state index contributed by atoms with van der Waals surface area (Å²) in [6, 6.07) is 20.9. The van der Waals surface area contributed by atoms with Crippen LogP contribution in [0.5, 0.6) is 0 Å². The molecule has 0 aliphatic heterocycles. The summed E-state index contributed by atoms with van der Waals surface area (Å²) in [6.07, 6.45) is 1.65. The first-order valence-corrected chi connectivity index (χ1v) is 7.88. The zero-order chi connectivity index (χ0) is 16.1. The summed E-state index contributed by atoms with van der Waals surface area (Å²) in [5, 5.41) is 4.00. The molecule has 0 unspecified atom stereocenters. The predicted octanol–water partition coefficient (Wildman–Crippen LogP) is 3.76. The first-order valence-electron chi connectivity index (χ1n) is 7.06. The molecule has 0 saturated heterocycles. The van der Waals surface area contributed by atoms with Crippen LogP contribution in [0.25, 0.3) is 10.4 Å². The molecule has 0 fully saturated rings. The molecule has 1 heterocycles. The molecular weight excluding hydrogens is 306 g/mol. The number of carbonyl (C=O) groups is 1. The van der Waals surface area contributed by atoms with E-state index in [1.54, 1.807) is 41.8 Å². The minimum Gasteiger partial charge on any atom is -0.399 e. The number of nitrogen functional groups attached to an aromatic ring is 1. The second kappa shape index (κ2) is 6.89. The summed E-state index contributed by atoms with van der Waals surface area (Å²) in [7, 11) is 0. The van der Waals surface area contributed by atoms with Gasteiger partial charge < -0.3 is 5.73 Å². The molecule has 1 aromatic heterocycles. The van der Waals surface area contributed by atoms with Crippen LogP contribution in [0.4, 0.5) is 5.69 Å². The number of hydrazone groups is 1. The van der Waals surface area contributed by atoms with Gasteiger partial charge in [0.05, 0.1) is 6.21 Å². The van der Waals surface area contributed by atoms with Crippen LogP contribution in [0, 0.1) is 0 Å². The second-order valence-corrected chi connectivity index (χ2v) is 6.00. The molecule has 4 nitrogen and oxygen atoms in total. The first-order chi connectivity index (χ1) is 11.2. The van der Waals surface area contributed by atoms with Crippen molar-refractivity contribution in [2.45, 2.75) is 0 Å². The molecule has 3 rings (SSSR count). The number of hydrogen-bond acceptors (Lipinski definition) is 4. The lowest BCUT2D eigenvalue weighted by Crippen LogP contribution is -2.17. The second-order valence-electron chi connectivity index (χ2n) is 4.89. The van der Waals surface area contributed by atoms with Crippen molar-refractivity contribution in [1.82, 2.24) is 5.43 Å². The average Bonchev–Trinajstić information content (AvgIpc) is 3.05. The van der Waals surface area contributed by atoms with E-state index < -0.39 is 0 Å². The summed E-state index contributed by atoms with van der Waals surface area (Å²) < 4.78 is 0. The van der Waals surface area contributed by atoms with Crippen molar-refractivity contribution in [3.05, 3.63) is 77.2 Å². The van der Waals surface area contributed by atoms with Crippen molar-refractivity contribution in [1.29, 1.82) is 0 Å². The molecule has 0 atom stereocenters. The lowest BCUT2D eigenvalue weighted by molar-refractivity contribution is 0.0955. The van der Waals surface area contributed by atoms with Crippen LogP contribution in [0.1, 0.15) is 15.2 Å². The Labute approximate surface area is 138 Å². The standard InChI is InChI=1S/C18H15N3OS/c19-15-8-6-14(7-9-15)18(22)21-20-12-16-10-11-17(23-16)13-4-2-1-3-5-13/h1-12H,19H2,(H,21,22)/b20-12-. The fourth-order valence-electron chi connectivity index (χ4n) is 2.03. The molecule has 1 amide bonds. The van der Waals surface area contributed by atoms with E-state index in [-0.39, 0.29) is 5.91 Å². The van der Waals surface area contributed by atoms with Crippen molar-refractivity contribution in [3.63, 3.8) is 0 Å². The van der Waals surface area contributed by atoms with Crippen molar-refractivity contribution >= 4 is 29.1 Å². The molecule has 0 spiro atoms. The van der Waals surface area contributed by atoms with Gasteiger partial charge in [-0.25, -0.2) is 5.43 Å². The maximum Gasteiger partial charge on any atom is 0.271 e. The molecule has 0 saturated carbocycles. The summed E-state index contributed by atoms with van der Waals surface area (Å²) in [4.78, 5) is 14.0. The smallest absolute Gasteiger partial charge is 0.271 e. The van der Waals surface area contributed by atoms with E-state index in [0.29, 0.717) is 11.3 Å². The number of benzene rings is 2. The summed E-state index contributed by atoms with van der Waals surface area (Å²) in [5.41, 5.74) is 10.4. The molecule has 3 aromatic rings. The summed E-state index contributed by atoms with van der Waals surface area (Å²) in [5.74, 6) is -0.263. The molecule has 3 N–H and O–H groups in total. The Morgan fingerprint density at radius 2 is 1.74 bits per heavy atom. The first kappa shape index (κ1) is 15.0. The van der Waals surface area contributed by atoms with Crippen molar-refractivity contribution < 1.29 is 4.79 Å². The van der Waals surface area contributed by atoms with Gasteiger partial charge in [0.1, 0.15) is 0 Å². The molecule has 114 valence electrons. The van der Waals surface area contributed by atoms with Crippen LogP contribution in [0.2, 0.25) is 0 Å².